The summed E-state index contributed by atoms with van der Waals surface area (Å²) >= 11 is 0. The summed E-state index contributed by atoms with van der Waals surface area (Å²) in [5.41, 5.74) is 2.69. The van der Waals surface area contributed by atoms with E-state index >= 15 is 0 Å². The van der Waals surface area contributed by atoms with Crippen molar-refractivity contribution in [2.45, 2.75) is 32.6 Å². The maximum Gasteiger partial charge on any atom is 0.151 e. The Morgan fingerprint density at radius 2 is 2.15 bits per heavy atom. The third kappa shape index (κ3) is 3.48. The van der Waals surface area contributed by atoms with E-state index in [1.54, 1.807) is 6.92 Å². The van der Waals surface area contributed by atoms with Crippen molar-refractivity contribution in [3.8, 4) is 6.07 Å². The molecule has 0 atom stereocenters. The SMILES string of the molecule is CCS(=O)(=O)CCNc1nc2c(cc1C#N)CCCC2. The van der Waals surface area contributed by atoms with Crippen molar-refractivity contribution in [1.82, 2.24) is 4.98 Å². The number of pyridine rings is 1. The molecule has 20 heavy (non-hydrogen) atoms. The van der Waals surface area contributed by atoms with E-state index in [4.69, 9.17) is 0 Å². The minimum absolute atomic E-state index is 0.0626. The Morgan fingerprint density at radius 3 is 2.85 bits per heavy atom. The zero-order valence-corrected chi connectivity index (χ0v) is 12.5. The summed E-state index contributed by atoms with van der Waals surface area (Å²) in [6, 6.07) is 4.02. The first-order chi connectivity index (χ1) is 9.55. The second-order valence-corrected chi connectivity index (χ2v) is 7.45. The van der Waals surface area contributed by atoms with Crippen molar-refractivity contribution >= 4 is 15.7 Å². The predicted octanol–water partition coefficient (Wildman–Crippen LogP) is 1.68. The Kier molecular flexibility index (Phi) is 4.61. The first-order valence-corrected chi connectivity index (χ1v) is 8.75. The normalized spacial score (nSPS) is 14.4. The molecule has 0 amide bonds. The van der Waals surface area contributed by atoms with E-state index in [9.17, 15) is 13.7 Å². The molecule has 1 aliphatic carbocycles. The van der Waals surface area contributed by atoms with E-state index in [0.717, 1.165) is 36.9 Å². The van der Waals surface area contributed by atoms with Crippen LogP contribution in [0.3, 0.4) is 0 Å². The van der Waals surface area contributed by atoms with Crippen LogP contribution in [0, 0.1) is 11.3 Å². The van der Waals surface area contributed by atoms with E-state index in [2.05, 4.69) is 16.4 Å². The van der Waals surface area contributed by atoms with Crippen molar-refractivity contribution in [1.29, 1.82) is 5.26 Å². The molecule has 1 aromatic heterocycles. The standard InChI is InChI=1S/C14H19N3O2S/c1-2-20(18,19)8-7-16-14-12(10-15)9-11-5-3-4-6-13(11)17-14/h9H,2-8H2,1H3,(H,16,17). The molecule has 1 aliphatic rings. The molecule has 5 nitrogen and oxygen atoms in total. The van der Waals surface area contributed by atoms with Gasteiger partial charge in [-0.3, -0.25) is 0 Å². The summed E-state index contributed by atoms with van der Waals surface area (Å²) in [5, 5.41) is 12.2. The first-order valence-electron chi connectivity index (χ1n) is 6.93. The lowest BCUT2D eigenvalue weighted by molar-refractivity contribution is 0.597. The third-order valence-electron chi connectivity index (χ3n) is 3.57. The van der Waals surface area contributed by atoms with Crippen LogP contribution in [0.1, 0.15) is 36.6 Å². The van der Waals surface area contributed by atoms with Gasteiger partial charge in [-0.15, -0.1) is 0 Å². The molecule has 0 unspecified atom stereocenters. The van der Waals surface area contributed by atoms with Gasteiger partial charge in [-0.05, 0) is 37.3 Å². The van der Waals surface area contributed by atoms with Crippen molar-refractivity contribution in [3.05, 3.63) is 22.9 Å². The summed E-state index contributed by atoms with van der Waals surface area (Å²) in [4.78, 5) is 4.50. The minimum atomic E-state index is -3.00. The van der Waals surface area contributed by atoms with Gasteiger partial charge in [-0.1, -0.05) is 6.92 Å². The lowest BCUT2D eigenvalue weighted by Crippen LogP contribution is -2.19. The fourth-order valence-corrected chi connectivity index (χ4v) is 3.02. The van der Waals surface area contributed by atoms with Crippen molar-refractivity contribution < 1.29 is 8.42 Å². The molecule has 0 saturated heterocycles. The van der Waals surface area contributed by atoms with Crippen LogP contribution in [0.25, 0.3) is 0 Å². The van der Waals surface area contributed by atoms with Crippen molar-refractivity contribution in [3.63, 3.8) is 0 Å². The minimum Gasteiger partial charge on any atom is -0.368 e. The Morgan fingerprint density at radius 1 is 1.40 bits per heavy atom. The van der Waals surface area contributed by atoms with Gasteiger partial charge in [0.25, 0.3) is 0 Å². The Hall–Kier alpha value is -1.61. The zero-order valence-electron chi connectivity index (χ0n) is 11.6. The summed E-state index contributed by atoms with van der Waals surface area (Å²) in [7, 11) is -3.00. The van der Waals surface area contributed by atoms with Gasteiger partial charge in [0, 0.05) is 18.0 Å². The van der Waals surface area contributed by atoms with Crippen LogP contribution in [0.15, 0.2) is 6.07 Å². The molecular formula is C14H19N3O2S. The number of hydrogen-bond donors (Lipinski definition) is 1. The lowest BCUT2D eigenvalue weighted by Gasteiger charge is -2.17. The van der Waals surface area contributed by atoms with Gasteiger partial charge in [-0.25, -0.2) is 13.4 Å². The highest BCUT2D eigenvalue weighted by Crippen LogP contribution is 2.24. The molecule has 0 bridgehead atoms. The average molecular weight is 293 g/mol. The average Bonchev–Trinajstić information content (AvgIpc) is 2.46. The zero-order chi connectivity index (χ0) is 14.6. The van der Waals surface area contributed by atoms with Gasteiger partial charge in [0.2, 0.25) is 0 Å². The number of fused-ring (bicyclic) bond motifs is 1. The van der Waals surface area contributed by atoms with Crippen LogP contribution in [-0.4, -0.2) is 31.5 Å². The highest BCUT2D eigenvalue weighted by atomic mass is 32.2. The molecule has 0 fully saturated rings. The van der Waals surface area contributed by atoms with Gasteiger partial charge in [0.15, 0.2) is 9.84 Å². The second-order valence-electron chi connectivity index (χ2n) is 4.97. The molecule has 0 saturated carbocycles. The fourth-order valence-electron chi connectivity index (χ4n) is 2.32. The molecule has 2 rings (SSSR count). The quantitative estimate of drug-likeness (QED) is 0.893. The van der Waals surface area contributed by atoms with Crippen LogP contribution in [0.2, 0.25) is 0 Å². The highest BCUT2D eigenvalue weighted by Gasteiger charge is 2.15. The van der Waals surface area contributed by atoms with E-state index in [-0.39, 0.29) is 18.1 Å². The van der Waals surface area contributed by atoms with E-state index in [1.807, 2.05) is 6.07 Å². The van der Waals surface area contributed by atoms with Gasteiger partial charge in [-0.2, -0.15) is 5.26 Å². The highest BCUT2D eigenvalue weighted by molar-refractivity contribution is 7.91. The molecule has 0 aromatic carbocycles. The maximum absolute atomic E-state index is 11.5. The second kappa shape index (κ2) is 6.23. The largest absolute Gasteiger partial charge is 0.368 e. The molecule has 0 aliphatic heterocycles. The lowest BCUT2D eigenvalue weighted by atomic mass is 9.95. The van der Waals surface area contributed by atoms with Gasteiger partial charge < -0.3 is 5.32 Å². The predicted molar refractivity (Wildman–Crippen MR) is 78.4 cm³/mol. The number of sulfone groups is 1. The summed E-state index contributed by atoms with van der Waals surface area (Å²) in [5.74, 6) is 0.712. The van der Waals surface area contributed by atoms with Crippen LogP contribution >= 0.6 is 0 Å². The molecule has 0 radical (unpaired) electrons. The number of hydrogen-bond acceptors (Lipinski definition) is 5. The molecular weight excluding hydrogens is 274 g/mol. The number of rotatable bonds is 5. The van der Waals surface area contributed by atoms with Crippen LogP contribution < -0.4 is 5.32 Å². The maximum atomic E-state index is 11.5. The van der Waals surface area contributed by atoms with E-state index in [0.29, 0.717) is 11.4 Å². The molecule has 108 valence electrons. The van der Waals surface area contributed by atoms with E-state index in [1.165, 1.54) is 0 Å². The molecule has 0 spiro atoms. The van der Waals surface area contributed by atoms with E-state index < -0.39 is 9.84 Å². The summed E-state index contributed by atoms with van der Waals surface area (Å²) < 4.78 is 22.9. The van der Waals surface area contributed by atoms with Crippen molar-refractivity contribution in [2.75, 3.05) is 23.4 Å². The van der Waals surface area contributed by atoms with Crippen LogP contribution in [-0.2, 0) is 22.7 Å². The third-order valence-corrected chi connectivity index (χ3v) is 5.27. The topological polar surface area (TPSA) is 82.8 Å². The number of anilines is 1. The number of nitriles is 1. The van der Waals surface area contributed by atoms with Crippen LogP contribution in [0.5, 0.6) is 0 Å². The number of aromatic nitrogens is 1. The molecule has 1 heterocycles. The number of aryl methyl sites for hydroxylation is 2. The molecule has 1 N–H and O–H groups in total. The first kappa shape index (κ1) is 14.8. The monoisotopic (exact) mass is 293 g/mol. The van der Waals surface area contributed by atoms with Crippen LogP contribution in [0.4, 0.5) is 5.82 Å². The Bertz CT molecular complexity index is 633. The fraction of sp³-hybridized carbons (Fsp3) is 0.571. The number of nitrogens with one attached hydrogen (secondary N) is 1. The van der Waals surface area contributed by atoms with Crippen molar-refractivity contribution in [2.24, 2.45) is 0 Å². The number of nitrogens with zero attached hydrogens (tertiary/aromatic N) is 2. The molecule has 6 heteroatoms. The summed E-state index contributed by atoms with van der Waals surface area (Å²) in [6.45, 7) is 1.92. The summed E-state index contributed by atoms with van der Waals surface area (Å²) in [6.07, 6.45) is 4.17. The Balaban J connectivity index is 2.13. The van der Waals surface area contributed by atoms with Gasteiger partial charge in [0.1, 0.15) is 11.9 Å². The van der Waals surface area contributed by atoms with Gasteiger partial charge >= 0.3 is 0 Å². The Labute approximate surface area is 119 Å². The molecule has 1 aromatic rings. The van der Waals surface area contributed by atoms with Gasteiger partial charge in [0.05, 0.1) is 11.3 Å². The smallest absolute Gasteiger partial charge is 0.151 e.